The standard InChI is InChI=1S/C20H27N3O4.C14H19NO2/c1-19(2,3)27-18(26)23-20(4,5)17(25)22-14(12-24)10-13-11-21-16-9-7-6-8-15(13)16;1-2-17-14(16)13-10-12(8-9-15-13)11-6-4-3-5-7-11/h6-9,11-12,14,21H,10H2,1-5H3,(H,22,25)(H,23,26);3-7,12-13,15H,2,8-10H2,1H3/t14-;/m1./s1. The molecule has 1 fully saturated rings. The lowest BCUT2D eigenvalue weighted by Crippen LogP contribution is -2.57. The topological polar surface area (TPSA) is 139 Å². The van der Waals surface area contributed by atoms with Crippen LogP contribution in [0, 0.1) is 0 Å². The number of aromatic nitrogens is 1. The van der Waals surface area contributed by atoms with Crippen LogP contribution in [0.3, 0.4) is 0 Å². The molecule has 10 heteroatoms. The van der Waals surface area contributed by atoms with Gasteiger partial charge in [-0.1, -0.05) is 48.5 Å². The number of alkyl carbamates (subject to hydrolysis) is 1. The number of para-hydroxylation sites is 1. The molecule has 2 heterocycles. The van der Waals surface area contributed by atoms with Crippen LogP contribution in [0.4, 0.5) is 4.79 Å². The maximum absolute atomic E-state index is 12.6. The van der Waals surface area contributed by atoms with E-state index >= 15 is 0 Å². The zero-order chi connectivity index (χ0) is 32.3. The molecule has 10 nitrogen and oxygen atoms in total. The molecular formula is C34H46N4O6. The smallest absolute Gasteiger partial charge is 0.408 e. The van der Waals surface area contributed by atoms with Crippen LogP contribution in [-0.4, -0.2) is 65.6 Å². The number of piperidine rings is 1. The summed E-state index contributed by atoms with van der Waals surface area (Å²) < 4.78 is 10.2. The summed E-state index contributed by atoms with van der Waals surface area (Å²) in [5.41, 5.74) is 1.32. The number of carbonyl (C=O) groups is 4. The SMILES string of the molecule is CC(C)(C)OC(=O)NC(C)(C)C(=O)N[C@@H](C=O)Cc1c[nH]c2ccccc12.CCOC(=O)C1CC(c2ccccc2)CCN1. The second kappa shape index (κ2) is 15.5. The molecule has 0 bridgehead atoms. The molecular weight excluding hydrogens is 560 g/mol. The van der Waals surface area contributed by atoms with Crippen LogP contribution in [0.2, 0.25) is 0 Å². The first kappa shape index (κ1) is 34.3. The number of aldehydes is 1. The lowest BCUT2D eigenvalue weighted by Gasteiger charge is -2.29. The van der Waals surface area contributed by atoms with Gasteiger partial charge in [0.2, 0.25) is 5.91 Å². The van der Waals surface area contributed by atoms with Crippen molar-refractivity contribution in [2.45, 2.75) is 89.9 Å². The number of nitrogens with one attached hydrogen (secondary N) is 4. The Balaban J connectivity index is 0.000000266. The lowest BCUT2D eigenvalue weighted by atomic mass is 9.86. The van der Waals surface area contributed by atoms with Gasteiger partial charge in [-0.2, -0.15) is 0 Å². The van der Waals surface area contributed by atoms with Crippen LogP contribution in [0.5, 0.6) is 0 Å². The molecule has 3 aromatic rings. The summed E-state index contributed by atoms with van der Waals surface area (Å²) >= 11 is 0. The maximum Gasteiger partial charge on any atom is 0.408 e. The molecule has 1 aliphatic rings. The monoisotopic (exact) mass is 606 g/mol. The van der Waals surface area contributed by atoms with Gasteiger partial charge in [0.25, 0.3) is 0 Å². The van der Waals surface area contributed by atoms with Crippen molar-refractivity contribution in [2.75, 3.05) is 13.2 Å². The number of H-pyrrole nitrogens is 1. The van der Waals surface area contributed by atoms with E-state index in [-0.39, 0.29) is 12.0 Å². The van der Waals surface area contributed by atoms with Crippen LogP contribution < -0.4 is 16.0 Å². The van der Waals surface area contributed by atoms with Gasteiger partial charge in [0.15, 0.2) is 0 Å². The molecule has 0 saturated carbocycles. The number of hydrogen-bond donors (Lipinski definition) is 4. The molecule has 0 spiro atoms. The molecule has 2 amide bonds. The summed E-state index contributed by atoms with van der Waals surface area (Å²) in [6, 6.07) is 17.3. The Bertz CT molecular complexity index is 1400. The van der Waals surface area contributed by atoms with Crippen molar-refractivity contribution in [1.82, 2.24) is 20.9 Å². The van der Waals surface area contributed by atoms with Crippen LogP contribution in [0.1, 0.15) is 71.4 Å². The molecule has 1 aromatic heterocycles. The molecule has 2 unspecified atom stereocenters. The van der Waals surface area contributed by atoms with E-state index in [0.29, 0.717) is 25.2 Å². The van der Waals surface area contributed by atoms with Gasteiger partial charge in [0, 0.05) is 23.5 Å². The quantitative estimate of drug-likeness (QED) is 0.203. The highest BCUT2D eigenvalue weighted by Gasteiger charge is 2.33. The number of esters is 1. The molecule has 0 radical (unpaired) electrons. The first-order valence-electron chi connectivity index (χ1n) is 15.1. The Hall–Kier alpha value is -4.18. The predicted octanol–water partition coefficient (Wildman–Crippen LogP) is 4.78. The van der Waals surface area contributed by atoms with E-state index in [2.05, 4.69) is 45.2 Å². The molecule has 0 aliphatic carbocycles. The Morgan fingerprint density at radius 1 is 1.02 bits per heavy atom. The molecule has 4 rings (SSSR count). The summed E-state index contributed by atoms with van der Waals surface area (Å²) in [7, 11) is 0. The fourth-order valence-corrected chi connectivity index (χ4v) is 5.00. The van der Waals surface area contributed by atoms with Crippen LogP contribution in [0.25, 0.3) is 10.9 Å². The Morgan fingerprint density at radius 3 is 2.36 bits per heavy atom. The molecule has 238 valence electrons. The molecule has 44 heavy (non-hydrogen) atoms. The highest BCUT2D eigenvalue weighted by atomic mass is 16.6. The zero-order valence-corrected chi connectivity index (χ0v) is 26.6. The highest BCUT2D eigenvalue weighted by Crippen LogP contribution is 2.27. The Labute approximate surface area is 259 Å². The van der Waals surface area contributed by atoms with Gasteiger partial charge < -0.3 is 35.2 Å². The average Bonchev–Trinajstić information content (AvgIpc) is 3.39. The summed E-state index contributed by atoms with van der Waals surface area (Å²) in [5.74, 6) is -0.120. The zero-order valence-electron chi connectivity index (χ0n) is 26.6. The van der Waals surface area contributed by atoms with Crippen molar-refractivity contribution in [2.24, 2.45) is 0 Å². The van der Waals surface area contributed by atoms with E-state index in [1.54, 1.807) is 34.6 Å². The second-order valence-corrected chi connectivity index (χ2v) is 12.4. The number of benzene rings is 2. The minimum absolute atomic E-state index is 0.117. The predicted molar refractivity (Wildman–Crippen MR) is 170 cm³/mol. The van der Waals surface area contributed by atoms with Gasteiger partial charge in [-0.05, 0) is 84.0 Å². The number of hydrogen-bond acceptors (Lipinski definition) is 7. The number of amides is 2. The molecule has 4 N–H and O–H groups in total. The largest absolute Gasteiger partial charge is 0.465 e. The number of ether oxygens (including phenoxy) is 2. The first-order valence-corrected chi connectivity index (χ1v) is 15.1. The van der Waals surface area contributed by atoms with E-state index in [0.717, 1.165) is 35.9 Å². The van der Waals surface area contributed by atoms with Crippen LogP contribution in [0.15, 0.2) is 60.8 Å². The van der Waals surface area contributed by atoms with Crippen LogP contribution >= 0.6 is 0 Å². The fourth-order valence-electron chi connectivity index (χ4n) is 5.00. The normalized spacial score (nSPS) is 17.4. The second-order valence-electron chi connectivity index (χ2n) is 12.4. The first-order chi connectivity index (χ1) is 20.8. The van der Waals surface area contributed by atoms with Crippen molar-refractivity contribution in [3.05, 3.63) is 71.9 Å². The van der Waals surface area contributed by atoms with E-state index in [9.17, 15) is 19.2 Å². The van der Waals surface area contributed by atoms with E-state index in [1.165, 1.54) is 5.56 Å². The third-order valence-corrected chi connectivity index (χ3v) is 7.22. The van der Waals surface area contributed by atoms with Gasteiger partial charge in [-0.25, -0.2) is 4.79 Å². The minimum atomic E-state index is -1.23. The van der Waals surface area contributed by atoms with Gasteiger partial charge in [0.1, 0.15) is 23.5 Å². The minimum Gasteiger partial charge on any atom is -0.465 e. The van der Waals surface area contributed by atoms with Crippen molar-refractivity contribution < 1.29 is 28.7 Å². The van der Waals surface area contributed by atoms with Gasteiger partial charge in [0.05, 0.1) is 12.6 Å². The van der Waals surface area contributed by atoms with Gasteiger partial charge in [-0.15, -0.1) is 0 Å². The van der Waals surface area contributed by atoms with Crippen LogP contribution in [-0.2, 0) is 30.3 Å². The highest BCUT2D eigenvalue weighted by molar-refractivity contribution is 5.91. The Kier molecular flexibility index (Phi) is 12.1. The number of rotatable bonds is 9. The molecule has 1 aliphatic heterocycles. The average molecular weight is 607 g/mol. The summed E-state index contributed by atoms with van der Waals surface area (Å²) in [6.07, 6.45) is 4.10. The van der Waals surface area contributed by atoms with Crippen molar-refractivity contribution in [1.29, 1.82) is 0 Å². The molecule has 2 aromatic carbocycles. The van der Waals surface area contributed by atoms with E-state index in [1.807, 2.05) is 43.5 Å². The van der Waals surface area contributed by atoms with E-state index in [4.69, 9.17) is 9.47 Å². The van der Waals surface area contributed by atoms with Gasteiger partial charge in [-0.3, -0.25) is 9.59 Å². The lowest BCUT2D eigenvalue weighted by molar-refractivity contribution is -0.146. The van der Waals surface area contributed by atoms with Crippen molar-refractivity contribution in [3.8, 4) is 0 Å². The summed E-state index contributed by atoms with van der Waals surface area (Å²) in [4.78, 5) is 50.9. The summed E-state index contributed by atoms with van der Waals surface area (Å²) in [5, 5.41) is 9.46. The third-order valence-electron chi connectivity index (χ3n) is 7.22. The van der Waals surface area contributed by atoms with Crippen molar-refractivity contribution in [3.63, 3.8) is 0 Å². The van der Waals surface area contributed by atoms with Crippen molar-refractivity contribution >= 4 is 35.2 Å². The Morgan fingerprint density at radius 2 is 1.70 bits per heavy atom. The third kappa shape index (κ3) is 10.2. The molecule has 1 saturated heterocycles. The van der Waals surface area contributed by atoms with Gasteiger partial charge >= 0.3 is 12.1 Å². The summed E-state index contributed by atoms with van der Waals surface area (Å²) in [6.45, 7) is 11.5. The fraction of sp³-hybridized carbons (Fsp3) is 0.471. The van der Waals surface area contributed by atoms with E-state index < -0.39 is 29.2 Å². The number of carbonyl (C=O) groups excluding carboxylic acids is 4. The number of fused-ring (bicyclic) bond motifs is 1. The molecule has 3 atom stereocenters. The number of aromatic amines is 1. The maximum atomic E-state index is 12.6.